The smallest absolute Gasteiger partial charge is 0.258 e. The minimum atomic E-state index is -3.68. The molecule has 0 saturated carbocycles. The van der Waals surface area contributed by atoms with Crippen LogP contribution in [0.2, 0.25) is 0 Å². The van der Waals surface area contributed by atoms with Gasteiger partial charge in [0.2, 0.25) is 10.0 Å². The van der Waals surface area contributed by atoms with E-state index in [1.807, 2.05) is 30.3 Å². The zero-order valence-corrected chi connectivity index (χ0v) is 15.2. The molecule has 0 bridgehead atoms. The molecular formula is C18H22N2O5S. The molecule has 2 aromatic carbocycles. The van der Waals surface area contributed by atoms with Crippen molar-refractivity contribution in [2.24, 2.45) is 0 Å². The Balaban J connectivity index is 1.97. The molecule has 1 amide bonds. The van der Waals surface area contributed by atoms with Crippen LogP contribution in [0, 0.1) is 0 Å². The van der Waals surface area contributed by atoms with Gasteiger partial charge in [0.1, 0.15) is 5.75 Å². The number of ether oxygens (including phenoxy) is 1. The number of benzene rings is 2. The number of carbonyl (C=O) groups is 1. The van der Waals surface area contributed by atoms with E-state index in [1.165, 1.54) is 24.3 Å². The second kappa shape index (κ2) is 9.33. The van der Waals surface area contributed by atoms with Gasteiger partial charge in [0, 0.05) is 12.6 Å². The fourth-order valence-corrected chi connectivity index (χ4v) is 3.45. The molecule has 0 heterocycles. The SMILES string of the molecule is C[C@H](NS(=O)(=O)c1ccc(OCC(=O)NCCO)cc1)c1ccccc1. The Morgan fingerprint density at radius 1 is 1.12 bits per heavy atom. The third kappa shape index (κ3) is 5.83. The number of hydrogen-bond donors (Lipinski definition) is 3. The second-order valence-corrected chi connectivity index (χ2v) is 7.30. The molecule has 0 fully saturated rings. The standard InChI is InChI=1S/C18H22N2O5S/c1-14(15-5-3-2-4-6-15)20-26(23,24)17-9-7-16(8-10-17)25-13-18(22)19-11-12-21/h2-10,14,20-21H,11-13H2,1H3,(H,19,22)/t14-/m0/s1. The minimum Gasteiger partial charge on any atom is -0.484 e. The van der Waals surface area contributed by atoms with Crippen LogP contribution in [0.3, 0.4) is 0 Å². The van der Waals surface area contributed by atoms with E-state index in [9.17, 15) is 13.2 Å². The van der Waals surface area contributed by atoms with E-state index in [2.05, 4.69) is 10.0 Å². The van der Waals surface area contributed by atoms with Crippen molar-refractivity contribution in [1.82, 2.24) is 10.0 Å². The van der Waals surface area contributed by atoms with Crippen LogP contribution in [0.15, 0.2) is 59.5 Å². The molecule has 140 valence electrons. The zero-order valence-electron chi connectivity index (χ0n) is 14.4. The summed E-state index contributed by atoms with van der Waals surface area (Å²) in [5.41, 5.74) is 0.866. The quantitative estimate of drug-likeness (QED) is 0.608. The van der Waals surface area contributed by atoms with Gasteiger partial charge in [-0.2, -0.15) is 0 Å². The number of amides is 1. The summed E-state index contributed by atoms with van der Waals surface area (Å²) in [6.07, 6.45) is 0. The number of hydrogen-bond acceptors (Lipinski definition) is 5. The number of carbonyl (C=O) groups excluding carboxylic acids is 1. The molecule has 0 unspecified atom stereocenters. The first kappa shape index (κ1) is 19.9. The van der Waals surface area contributed by atoms with Crippen LogP contribution < -0.4 is 14.8 Å². The average molecular weight is 378 g/mol. The molecule has 0 aliphatic rings. The predicted octanol–water partition coefficient (Wildman–Crippen LogP) is 1.21. The Labute approximate surface area is 153 Å². The van der Waals surface area contributed by atoms with Crippen LogP contribution in [-0.2, 0) is 14.8 Å². The zero-order chi connectivity index (χ0) is 19.0. The van der Waals surface area contributed by atoms with E-state index < -0.39 is 10.0 Å². The van der Waals surface area contributed by atoms with E-state index in [4.69, 9.17) is 9.84 Å². The number of aliphatic hydroxyl groups is 1. The van der Waals surface area contributed by atoms with Crippen molar-refractivity contribution in [3.63, 3.8) is 0 Å². The van der Waals surface area contributed by atoms with E-state index in [0.717, 1.165) is 5.56 Å². The summed E-state index contributed by atoms with van der Waals surface area (Å²) in [6.45, 7) is 1.57. The van der Waals surface area contributed by atoms with Gasteiger partial charge in [0.05, 0.1) is 11.5 Å². The van der Waals surface area contributed by atoms with Crippen molar-refractivity contribution < 1.29 is 23.1 Å². The van der Waals surface area contributed by atoms with E-state index in [1.54, 1.807) is 6.92 Å². The molecule has 2 aromatic rings. The third-order valence-electron chi connectivity index (χ3n) is 3.57. The highest BCUT2D eigenvalue weighted by Gasteiger charge is 2.18. The van der Waals surface area contributed by atoms with Gasteiger partial charge in [-0.3, -0.25) is 4.79 Å². The van der Waals surface area contributed by atoms with Gasteiger partial charge in [-0.1, -0.05) is 30.3 Å². The van der Waals surface area contributed by atoms with Crippen LogP contribution in [-0.4, -0.2) is 39.2 Å². The van der Waals surface area contributed by atoms with Crippen molar-refractivity contribution in [3.05, 3.63) is 60.2 Å². The lowest BCUT2D eigenvalue weighted by molar-refractivity contribution is -0.123. The van der Waals surface area contributed by atoms with Crippen LogP contribution in [0.25, 0.3) is 0 Å². The fraction of sp³-hybridized carbons (Fsp3) is 0.278. The molecule has 0 aliphatic heterocycles. The lowest BCUT2D eigenvalue weighted by Crippen LogP contribution is -2.31. The van der Waals surface area contributed by atoms with Gasteiger partial charge in [-0.25, -0.2) is 13.1 Å². The topological polar surface area (TPSA) is 105 Å². The predicted molar refractivity (Wildman–Crippen MR) is 97.2 cm³/mol. The first-order valence-corrected chi connectivity index (χ1v) is 9.58. The second-order valence-electron chi connectivity index (χ2n) is 5.59. The summed E-state index contributed by atoms with van der Waals surface area (Å²) in [5.74, 6) is 0.00769. The third-order valence-corrected chi connectivity index (χ3v) is 5.13. The summed E-state index contributed by atoms with van der Waals surface area (Å²) in [5, 5.41) is 11.1. The number of rotatable bonds is 9. The Hall–Kier alpha value is -2.42. The highest BCUT2D eigenvalue weighted by Crippen LogP contribution is 2.19. The first-order valence-electron chi connectivity index (χ1n) is 8.10. The Morgan fingerprint density at radius 2 is 1.77 bits per heavy atom. The highest BCUT2D eigenvalue weighted by atomic mass is 32.2. The summed E-state index contributed by atoms with van der Waals surface area (Å²) in [7, 11) is -3.68. The van der Waals surface area contributed by atoms with Crippen LogP contribution in [0.4, 0.5) is 0 Å². The molecule has 2 rings (SSSR count). The van der Waals surface area contributed by atoms with Crippen molar-refractivity contribution in [2.75, 3.05) is 19.8 Å². The summed E-state index contributed by atoms with van der Waals surface area (Å²) >= 11 is 0. The summed E-state index contributed by atoms with van der Waals surface area (Å²) < 4.78 is 32.8. The van der Waals surface area contributed by atoms with Gasteiger partial charge >= 0.3 is 0 Å². The van der Waals surface area contributed by atoms with Crippen molar-refractivity contribution in [2.45, 2.75) is 17.9 Å². The normalized spacial score (nSPS) is 12.4. The molecule has 3 N–H and O–H groups in total. The maximum Gasteiger partial charge on any atom is 0.258 e. The van der Waals surface area contributed by atoms with E-state index >= 15 is 0 Å². The molecule has 7 nitrogen and oxygen atoms in total. The van der Waals surface area contributed by atoms with Crippen molar-refractivity contribution >= 4 is 15.9 Å². The molecule has 0 saturated heterocycles. The molecule has 0 spiro atoms. The largest absolute Gasteiger partial charge is 0.484 e. The van der Waals surface area contributed by atoms with E-state index in [0.29, 0.717) is 5.75 Å². The van der Waals surface area contributed by atoms with Gasteiger partial charge in [0.25, 0.3) is 5.91 Å². The number of sulfonamides is 1. The lowest BCUT2D eigenvalue weighted by atomic mass is 10.1. The number of nitrogens with one attached hydrogen (secondary N) is 2. The first-order chi connectivity index (χ1) is 12.4. The van der Waals surface area contributed by atoms with Gasteiger partial charge in [-0.15, -0.1) is 0 Å². The molecule has 1 atom stereocenters. The monoisotopic (exact) mass is 378 g/mol. The molecular weight excluding hydrogens is 356 g/mol. The highest BCUT2D eigenvalue weighted by molar-refractivity contribution is 7.89. The molecule has 0 radical (unpaired) electrons. The number of aliphatic hydroxyl groups excluding tert-OH is 1. The Morgan fingerprint density at radius 3 is 2.38 bits per heavy atom. The van der Waals surface area contributed by atoms with Crippen molar-refractivity contribution in [3.8, 4) is 5.75 Å². The Bertz CT molecular complexity index is 807. The Kier molecular flexibility index (Phi) is 7.14. The maximum absolute atomic E-state index is 12.5. The lowest BCUT2D eigenvalue weighted by Gasteiger charge is -2.15. The average Bonchev–Trinajstić information content (AvgIpc) is 2.65. The van der Waals surface area contributed by atoms with Gasteiger partial charge in [0.15, 0.2) is 6.61 Å². The summed E-state index contributed by atoms with van der Waals surface area (Å²) in [6, 6.07) is 14.7. The minimum absolute atomic E-state index is 0.109. The molecule has 26 heavy (non-hydrogen) atoms. The maximum atomic E-state index is 12.5. The summed E-state index contributed by atoms with van der Waals surface area (Å²) in [4.78, 5) is 11.5. The fourth-order valence-electron chi connectivity index (χ4n) is 2.22. The molecule has 0 aliphatic carbocycles. The molecule has 8 heteroatoms. The van der Waals surface area contributed by atoms with Crippen molar-refractivity contribution in [1.29, 1.82) is 0 Å². The van der Waals surface area contributed by atoms with E-state index in [-0.39, 0.29) is 36.6 Å². The van der Waals surface area contributed by atoms with Crippen LogP contribution in [0.5, 0.6) is 5.75 Å². The van der Waals surface area contributed by atoms with Crippen LogP contribution >= 0.6 is 0 Å². The van der Waals surface area contributed by atoms with Crippen LogP contribution in [0.1, 0.15) is 18.5 Å². The van der Waals surface area contributed by atoms with Gasteiger partial charge in [-0.05, 0) is 36.8 Å². The molecule has 0 aromatic heterocycles. The van der Waals surface area contributed by atoms with Gasteiger partial charge < -0.3 is 15.2 Å².